The maximum atomic E-state index is 14.2. The Morgan fingerprint density at radius 1 is 0.682 bits per heavy atom. The Morgan fingerprint density at radius 2 is 1.05 bits per heavy atom. The highest BCUT2D eigenvalue weighted by atomic mass is 35.7. The number of nitrogens with one attached hydrogen (secondary N) is 1. The van der Waals surface area contributed by atoms with Crippen molar-refractivity contribution in [2.24, 2.45) is 0 Å². The van der Waals surface area contributed by atoms with Crippen molar-refractivity contribution in [3.05, 3.63) is 137 Å². The van der Waals surface area contributed by atoms with Crippen LogP contribution in [0.15, 0.2) is 132 Å². The van der Waals surface area contributed by atoms with Gasteiger partial charge in [-0.1, -0.05) is 72.8 Å². The number of hydrogen-bond donors (Lipinski definition) is 1. The third-order valence-electron chi connectivity index (χ3n) is 6.72. The summed E-state index contributed by atoms with van der Waals surface area (Å²) in [6.07, 6.45) is 0. The van der Waals surface area contributed by atoms with Crippen molar-refractivity contribution in [1.82, 2.24) is 10.2 Å². The normalized spacial score (nSPS) is 14.1. The maximum Gasteiger partial charge on any atom is 0.275 e. The van der Waals surface area contributed by atoms with Crippen LogP contribution in [-0.4, -0.2) is 43.0 Å². The van der Waals surface area contributed by atoms with Crippen molar-refractivity contribution in [2.45, 2.75) is 0 Å². The van der Waals surface area contributed by atoms with Crippen LogP contribution in [0.4, 0.5) is 0 Å². The van der Waals surface area contributed by atoms with E-state index in [1.54, 1.807) is 29.2 Å². The van der Waals surface area contributed by atoms with Crippen molar-refractivity contribution >= 4 is 46.6 Å². The first-order chi connectivity index (χ1) is 21.1. The zero-order valence-corrected chi connectivity index (χ0v) is 25.8. The van der Waals surface area contributed by atoms with E-state index in [1.807, 2.05) is 97.1 Å². The first-order valence-electron chi connectivity index (χ1n) is 13.4. The molecule has 1 N–H and O–H groups in total. The van der Waals surface area contributed by atoms with Crippen LogP contribution in [0.1, 0.15) is 10.4 Å². The van der Waals surface area contributed by atoms with Crippen molar-refractivity contribution < 1.29 is 43.2 Å². The molecule has 0 spiro atoms. The van der Waals surface area contributed by atoms with E-state index < -0.39 is 23.4 Å². The van der Waals surface area contributed by atoms with Gasteiger partial charge in [-0.3, -0.25) is 9.59 Å². The minimum atomic E-state index is -4.94. The molecule has 12 heteroatoms. The van der Waals surface area contributed by atoms with Crippen molar-refractivity contribution in [2.75, 3.05) is 26.3 Å². The fraction of sp³-hybridized carbons (Fsp3) is 0.125. The molecule has 4 aromatic rings. The van der Waals surface area contributed by atoms with Crippen LogP contribution in [0.25, 0.3) is 0 Å². The SMILES string of the molecule is O=C(NC(C(=O)N1CCOCC1)=C(Cl)[P+](c1ccccc1)(c1ccccc1)c1ccccc1)c1ccccc1.[O-][Cl+3]([O-])([O-])[O-]. The van der Waals surface area contributed by atoms with Gasteiger partial charge in [-0.15, -0.1) is 10.2 Å². The molecule has 2 amide bonds. The number of halogens is 2. The smallest absolute Gasteiger partial charge is 0.275 e. The molecule has 44 heavy (non-hydrogen) atoms. The molecule has 0 bridgehead atoms. The Bertz CT molecular complexity index is 1450. The Kier molecular flexibility index (Phi) is 11.6. The van der Waals surface area contributed by atoms with E-state index in [0.717, 1.165) is 15.9 Å². The second kappa shape index (κ2) is 15.4. The molecule has 1 aliphatic rings. The molecule has 9 nitrogen and oxygen atoms in total. The number of benzene rings is 4. The van der Waals surface area contributed by atoms with Crippen LogP contribution in [0.2, 0.25) is 0 Å². The number of amides is 2. The quantitative estimate of drug-likeness (QED) is 0.216. The minimum Gasteiger partial charge on any atom is -0.378 e. The van der Waals surface area contributed by atoms with E-state index >= 15 is 0 Å². The molecule has 5 rings (SSSR count). The lowest BCUT2D eigenvalue weighted by Crippen LogP contribution is -2.68. The summed E-state index contributed by atoms with van der Waals surface area (Å²) in [5, 5.41) is 5.89. The second-order valence-corrected chi connectivity index (χ2v) is 14.2. The molecule has 4 aromatic carbocycles. The maximum absolute atomic E-state index is 14.2. The summed E-state index contributed by atoms with van der Waals surface area (Å²) in [6, 6.07) is 38.9. The molecular formula is C32H29Cl2N2O7P. The average Bonchev–Trinajstić information content (AvgIpc) is 3.05. The number of nitrogens with zero attached hydrogens (tertiary/aromatic N) is 1. The fourth-order valence-electron chi connectivity index (χ4n) is 4.80. The summed E-state index contributed by atoms with van der Waals surface area (Å²) in [4.78, 5) is 29.4. The van der Waals surface area contributed by atoms with E-state index in [2.05, 4.69) is 5.32 Å². The molecule has 0 unspecified atom stereocenters. The van der Waals surface area contributed by atoms with Gasteiger partial charge in [0, 0.05) is 18.7 Å². The molecule has 0 aliphatic carbocycles. The molecule has 0 aromatic heterocycles. The molecule has 0 atom stereocenters. The van der Waals surface area contributed by atoms with Crippen LogP contribution >= 0.6 is 18.9 Å². The summed E-state index contributed by atoms with van der Waals surface area (Å²) in [6.45, 7) is 1.70. The number of hydrogen-bond acceptors (Lipinski definition) is 7. The van der Waals surface area contributed by atoms with Crippen LogP contribution in [-0.2, 0) is 9.53 Å². The monoisotopic (exact) mass is 654 g/mol. The predicted octanol–water partition coefficient (Wildman–Crippen LogP) is -0.0788. The Hall–Kier alpha value is -3.63. The lowest BCUT2D eigenvalue weighted by molar-refractivity contribution is -2.00. The first kappa shape index (κ1) is 33.3. The third kappa shape index (κ3) is 8.30. The van der Waals surface area contributed by atoms with Crippen molar-refractivity contribution in [1.29, 1.82) is 0 Å². The zero-order valence-electron chi connectivity index (χ0n) is 23.4. The number of carbonyl (C=O) groups is 2. The highest BCUT2D eigenvalue weighted by molar-refractivity contribution is 8.00. The van der Waals surface area contributed by atoms with Gasteiger partial charge in [-0.2, -0.15) is 0 Å². The fourth-order valence-corrected chi connectivity index (χ4v) is 9.73. The predicted molar refractivity (Wildman–Crippen MR) is 159 cm³/mol. The van der Waals surface area contributed by atoms with Gasteiger partial charge in [0.2, 0.25) is 4.77 Å². The molecule has 0 saturated carbocycles. The van der Waals surface area contributed by atoms with Gasteiger partial charge in [-0.25, -0.2) is 18.6 Å². The topological polar surface area (TPSA) is 151 Å². The molecule has 1 saturated heterocycles. The third-order valence-corrected chi connectivity index (χ3v) is 11.7. The van der Waals surface area contributed by atoms with Gasteiger partial charge >= 0.3 is 0 Å². The number of morpholine rings is 1. The molecule has 1 aliphatic heterocycles. The molecule has 0 radical (unpaired) electrons. The average molecular weight is 655 g/mol. The van der Waals surface area contributed by atoms with Gasteiger partial charge < -0.3 is 15.0 Å². The Balaban J connectivity index is 0.000000818. The van der Waals surface area contributed by atoms with E-state index in [0.29, 0.717) is 36.6 Å². The summed E-state index contributed by atoms with van der Waals surface area (Å²) < 4.78 is 39.8. The van der Waals surface area contributed by atoms with E-state index in [1.165, 1.54) is 0 Å². The highest BCUT2D eigenvalue weighted by Crippen LogP contribution is 2.64. The van der Waals surface area contributed by atoms with Crippen LogP contribution in [0.3, 0.4) is 0 Å². The van der Waals surface area contributed by atoms with Gasteiger partial charge in [0.1, 0.15) is 15.9 Å². The summed E-state index contributed by atoms with van der Waals surface area (Å²) in [5.41, 5.74) is 0.537. The number of carbonyl (C=O) groups excluding carboxylic acids is 2. The summed E-state index contributed by atoms with van der Waals surface area (Å²) in [7, 11) is -7.75. The van der Waals surface area contributed by atoms with Crippen LogP contribution in [0.5, 0.6) is 0 Å². The van der Waals surface area contributed by atoms with Gasteiger partial charge in [0.15, 0.2) is 13.0 Å². The van der Waals surface area contributed by atoms with Crippen molar-refractivity contribution in [3.63, 3.8) is 0 Å². The Morgan fingerprint density at radius 3 is 1.43 bits per heavy atom. The zero-order chi connectivity index (χ0) is 31.6. The van der Waals surface area contributed by atoms with Crippen molar-refractivity contribution in [3.8, 4) is 0 Å². The summed E-state index contributed by atoms with van der Waals surface area (Å²) >= 11 is 7.55. The molecule has 1 fully saturated rings. The van der Waals surface area contributed by atoms with Gasteiger partial charge in [0.05, 0.1) is 13.2 Å². The van der Waals surface area contributed by atoms with E-state index in [-0.39, 0.29) is 11.6 Å². The number of rotatable bonds is 7. The standard InChI is InChI=1S/C32H28ClN2O3P.ClHO4/c33-30(29(32(37)35-21-23-38-24-22-35)34-31(36)25-13-5-1-6-14-25)39(26-15-7-2-8-16-26,27-17-9-3-10-18-27)28-19-11-4-12-20-28;2-1(3,4)5/h1-20H,21-24H2;(H,2,3,4,5). The first-order valence-corrected chi connectivity index (χ1v) is 16.8. The lowest BCUT2D eigenvalue weighted by atomic mass is 10.2. The second-order valence-electron chi connectivity index (χ2n) is 9.45. The van der Waals surface area contributed by atoms with Gasteiger partial charge in [0.25, 0.3) is 11.8 Å². The van der Waals surface area contributed by atoms with E-state index in [4.69, 9.17) is 35.0 Å². The molecule has 1 heterocycles. The Labute approximate surface area is 263 Å². The molecule has 228 valence electrons. The van der Waals surface area contributed by atoms with Gasteiger partial charge in [-0.05, 0) is 60.1 Å². The highest BCUT2D eigenvalue weighted by Gasteiger charge is 2.52. The van der Waals surface area contributed by atoms with Crippen LogP contribution < -0.4 is 39.9 Å². The molecular weight excluding hydrogens is 626 g/mol. The minimum absolute atomic E-state index is 0.0947. The van der Waals surface area contributed by atoms with Crippen LogP contribution in [0, 0.1) is 10.2 Å². The largest absolute Gasteiger partial charge is 0.378 e. The van der Waals surface area contributed by atoms with E-state index in [9.17, 15) is 9.59 Å². The lowest BCUT2D eigenvalue weighted by Gasteiger charge is -2.31. The number of ether oxygens (including phenoxy) is 1. The summed E-state index contributed by atoms with van der Waals surface area (Å²) in [5.74, 6) is -0.711.